The minimum atomic E-state index is -4.77. The van der Waals surface area contributed by atoms with Gasteiger partial charge in [0.1, 0.15) is 12.7 Å². The van der Waals surface area contributed by atoms with Crippen molar-refractivity contribution < 1.29 is 52.2 Å². The fourth-order valence-electron chi connectivity index (χ4n) is 8.65. The van der Waals surface area contributed by atoms with Crippen molar-refractivity contribution in [3.63, 3.8) is 0 Å². The van der Waals surface area contributed by atoms with Gasteiger partial charge >= 0.3 is 25.7 Å². The summed E-state index contributed by atoms with van der Waals surface area (Å²) in [5, 5.41) is 9.84. The summed E-state index contributed by atoms with van der Waals surface area (Å²) in [5.74, 6) is -1.50. The van der Waals surface area contributed by atoms with E-state index in [0.29, 0.717) is 19.3 Å². The van der Waals surface area contributed by atoms with Crippen molar-refractivity contribution in [3.05, 3.63) is 97.2 Å². The second kappa shape index (κ2) is 61.5. The summed E-state index contributed by atoms with van der Waals surface area (Å²) in [6.45, 7) is 4.41. The molecule has 0 aliphatic carbocycles. The highest BCUT2D eigenvalue weighted by Gasteiger charge is 2.28. The molecule has 12 heteroatoms. The number of hydrogen-bond donors (Lipinski definition) is 2. The molecule has 0 amide bonds. The molecule has 0 aromatic rings. The molecule has 0 aromatic carbocycles. The first-order valence-corrected chi connectivity index (χ1v) is 33.6. The molecule has 0 aliphatic heterocycles. The molecular weight excluding hydrogens is 1020 g/mol. The number of phosphoric acid groups is 1. The topological polar surface area (TPSA) is 155 Å². The normalized spacial score (nSPS) is 13.9. The molecule has 0 heterocycles. The average Bonchev–Trinajstić information content (AvgIpc) is 3.45. The lowest BCUT2D eigenvalue weighted by Gasteiger charge is -2.21. The predicted octanol–water partition coefficient (Wildman–Crippen LogP) is 19.6. The zero-order valence-electron chi connectivity index (χ0n) is 51.0. The third-order valence-corrected chi connectivity index (χ3v) is 14.4. The van der Waals surface area contributed by atoms with Crippen LogP contribution in [0.25, 0.3) is 0 Å². The van der Waals surface area contributed by atoms with Gasteiger partial charge < -0.3 is 24.2 Å². The minimum absolute atomic E-state index is 0.146. The van der Waals surface area contributed by atoms with Crippen LogP contribution in [-0.4, -0.2) is 66.5 Å². The number of carbonyl (C=O) groups excluding carboxylic acids is 3. The average molecular weight is 1140 g/mol. The lowest BCUT2D eigenvalue weighted by atomic mass is 10.1. The van der Waals surface area contributed by atoms with Gasteiger partial charge in [-0.05, 0) is 116 Å². The Morgan fingerprint density at radius 1 is 0.362 bits per heavy atom. The van der Waals surface area contributed by atoms with E-state index in [1.54, 1.807) is 0 Å². The van der Waals surface area contributed by atoms with Crippen molar-refractivity contribution in [3.8, 4) is 0 Å². The number of carbonyl (C=O) groups is 3. The van der Waals surface area contributed by atoms with E-state index < -0.39 is 57.8 Å². The number of phosphoric ester groups is 1. The van der Waals surface area contributed by atoms with Gasteiger partial charge in [0.25, 0.3) is 0 Å². The van der Waals surface area contributed by atoms with Crippen molar-refractivity contribution in [2.45, 2.75) is 290 Å². The molecule has 0 spiro atoms. The van der Waals surface area contributed by atoms with Crippen LogP contribution in [0.1, 0.15) is 278 Å². The Hall–Kier alpha value is -3.60. The second-order valence-electron chi connectivity index (χ2n) is 21.2. The molecule has 80 heavy (non-hydrogen) atoms. The number of rotatable bonds is 59. The van der Waals surface area contributed by atoms with Crippen LogP contribution in [-0.2, 0) is 42.2 Å². The summed E-state index contributed by atoms with van der Waals surface area (Å²) in [5.41, 5.74) is 0. The number of aliphatic hydroxyl groups is 1. The summed E-state index contributed by atoms with van der Waals surface area (Å²) >= 11 is 0. The van der Waals surface area contributed by atoms with E-state index in [0.717, 1.165) is 135 Å². The SMILES string of the molecule is CC/C=C\C/C=C\C/C=C\C/C=C\CCCCCCCCC(=O)OC(COC(=O)CCCCCCCCCCC/C=C\CCCCCCCC)COP(=O)(O)OCC(CO)OC(=O)CCCCCCC/C=C\C/C=C\C/C=C\CC. The Bertz CT molecular complexity index is 1710. The van der Waals surface area contributed by atoms with E-state index >= 15 is 0 Å². The highest BCUT2D eigenvalue weighted by Crippen LogP contribution is 2.43. The van der Waals surface area contributed by atoms with Crippen molar-refractivity contribution in [1.82, 2.24) is 0 Å². The highest BCUT2D eigenvalue weighted by atomic mass is 31.2. The molecular formula is C68H117O11P. The summed E-state index contributed by atoms with van der Waals surface area (Å²) in [6.07, 6.45) is 73.5. The van der Waals surface area contributed by atoms with Crippen molar-refractivity contribution in [2.75, 3.05) is 26.4 Å². The van der Waals surface area contributed by atoms with Crippen LogP contribution in [0.4, 0.5) is 0 Å². The van der Waals surface area contributed by atoms with Crippen LogP contribution in [0.15, 0.2) is 97.2 Å². The molecule has 3 atom stereocenters. The van der Waals surface area contributed by atoms with E-state index in [9.17, 15) is 28.9 Å². The Kier molecular flexibility index (Phi) is 58.7. The first kappa shape index (κ1) is 76.4. The van der Waals surface area contributed by atoms with Gasteiger partial charge in [-0.15, -0.1) is 0 Å². The largest absolute Gasteiger partial charge is 0.472 e. The Morgan fingerprint density at radius 3 is 1.01 bits per heavy atom. The molecule has 0 fully saturated rings. The Morgan fingerprint density at radius 2 is 0.650 bits per heavy atom. The zero-order valence-corrected chi connectivity index (χ0v) is 51.9. The molecule has 460 valence electrons. The first-order chi connectivity index (χ1) is 39.2. The van der Waals surface area contributed by atoms with Gasteiger partial charge in [0.05, 0.1) is 19.8 Å². The van der Waals surface area contributed by atoms with E-state index in [1.165, 1.54) is 83.5 Å². The van der Waals surface area contributed by atoms with E-state index in [2.05, 4.69) is 118 Å². The zero-order chi connectivity index (χ0) is 58.3. The number of ether oxygens (including phenoxy) is 3. The Balaban J connectivity index is 4.75. The van der Waals surface area contributed by atoms with Gasteiger partial charge in [0, 0.05) is 19.3 Å². The molecule has 2 N–H and O–H groups in total. The van der Waals surface area contributed by atoms with E-state index in [1.807, 2.05) is 0 Å². The number of aliphatic hydroxyl groups excluding tert-OH is 1. The van der Waals surface area contributed by atoms with Crippen molar-refractivity contribution >= 4 is 25.7 Å². The molecule has 11 nitrogen and oxygen atoms in total. The monoisotopic (exact) mass is 1140 g/mol. The summed E-state index contributed by atoms with van der Waals surface area (Å²) in [7, 11) is -4.77. The maximum absolute atomic E-state index is 13.0. The van der Waals surface area contributed by atoms with Gasteiger partial charge in [-0.3, -0.25) is 23.4 Å². The van der Waals surface area contributed by atoms with Gasteiger partial charge in [-0.2, -0.15) is 0 Å². The second-order valence-corrected chi connectivity index (χ2v) is 22.6. The number of esters is 3. The fourth-order valence-corrected chi connectivity index (χ4v) is 9.44. The number of hydrogen-bond acceptors (Lipinski definition) is 10. The minimum Gasteiger partial charge on any atom is -0.462 e. The number of allylic oxidation sites excluding steroid dienone is 16. The fraction of sp³-hybridized carbons (Fsp3) is 0.721. The number of unbranched alkanes of at least 4 members (excludes halogenated alkanes) is 26. The maximum atomic E-state index is 13.0. The van der Waals surface area contributed by atoms with E-state index in [4.69, 9.17) is 23.3 Å². The summed E-state index contributed by atoms with van der Waals surface area (Å²) in [6, 6.07) is 0. The van der Waals surface area contributed by atoms with Crippen LogP contribution in [0.5, 0.6) is 0 Å². The first-order valence-electron chi connectivity index (χ1n) is 32.1. The maximum Gasteiger partial charge on any atom is 0.472 e. The Labute approximate surface area is 489 Å². The van der Waals surface area contributed by atoms with Crippen LogP contribution < -0.4 is 0 Å². The van der Waals surface area contributed by atoms with Crippen molar-refractivity contribution in [1.29, 1.82) is 0 Å². The molecule has 0 aliphatic rings. The predicted molar refractivity (Wildman–Crippen MR) is 334 cm³/mol. The van der Waals surface area contributed by atoms with Crippen LogP contribution in [0.3, 0.4) is 0 Å². The molecule has 0 saturated heterocycles. The van der Waals surface area contributed by atoms with Crippen LogP contribution in [0.2, 0.25) is 0 Å². The van der Waals surface area contributed by atoms with Gasteiger partial charge in [-0.25, -0.2) is 4.57 Å². The molecule has 0 saturated carbocycles. The van der Waals surface area contributed by atoms with Gasteiger partial charge in [-0.1, -0.05) is 240 Å². The lowest BCUT2D eigenvalue weighted by molar-refractivity contribution is -0.161. The molecule has 0 rings (SSSR count). The molecule has 0 aromatic heterocycles. The van der Waals surface area contributed by atoms with Crippen LogP contribution >= 0.6 is 7.82 Å². The highest BCUT2D eigenvalue weighted by molar-refractivity contribution is 7.47. The third-order valence-electron chi connectivity index (χ3n) is 13.5. The standard InChI is InChI=1S/C68H117O11P/c1-4-7-10-13-16-19-22-25-28-30-32-34-37-39-42-45-48-51-54-57-66(70)75-61-65(79-68(72)59-56-53-50-47-44-41-38-35-33-31-29-26-23-20-17-14-11-8-5-2)63-77-80(73,74)76-62-64(60-69)78-67(71)58-55-52-49-46-43-40-36-27-24-21-18-15-12-9-6-3/h8-9,11-12,17-18,20-21,25-29,33,35-36,64-65,69H,4-7,10,13-16,19,22-24,30-32,34,37-63H2,1-3H3,(H,73,74)/b11-8-,12-9-,20-17-,21-18-,28-25-,29-26-,35-33-,36-27-. The quantitative estimate of drug-likeness (QED) is 0.0197. The van der Waals surface area contributed by atoms with E-state index in [-0.39, 0.29) is 25.9 Å². The van der Waals surface area contributed by atoms with Crippen LogP contribution in [0, 0.1) is 0 Å². The molecule has 3 unspecified atom stereocenters. The van der Waals surface area contributed by atoms with Gasteiger partial charge in [0.15, 0.2) is 6.10 Å². The summed E-state index contributed by atoms with van der Waals surface area (Å²) in [4.78, 5) is 48.8. The van der Waals surface area contributed by atoms with Crippen molar-refractivity contribution in [2.24, 2.45) is 0 Å². The lowest BCUT2D eigenvalue weighted by Crippen LogP contribution is -2.30. The smallest absolute Gasteiger partial charge is 0.462 e. The molecule has 0 bridgehead atoms. The third kappa shape index (κ3) is 59.0. The van der Waals surface area contributed by atoms with Gasteiger partial charge in [0.2, 0.25) is 0 Å². The molecule has 0 radical (unpaired) electrons. The summed E-state index contributed by atoms with van der Waals surface area (Å²) < 4.78 is 39.7.